The monoisotopic (exact) mass is 338 g/mol. The number of likely N-dealkylation sites (N-methyl/N-ethyl adjacent to an activating group) is 2. The van der Waals surface area contributed by atoms with Gasteiger partial charge in [-0.25, -0.2) is 4.79 Å². The van der Waals surface area contributed by atoms with E-state index in [1.165, 1.54) is 0 Å². The standard InChI is InChI=1S/C17H27ClN4O/c1-4-16(13-6-5-7-14(18)10-13)20-17(23)19-11-15-12-21(2)8-9-22(15)3/h5-7,10,15-16H,4,8-9,11-12H2,1-3H3,(H2,19,20,23)/t15-,16+/m0/s1. The highest BCUT2D eigenvalue weighted by atomic mass is 35.5. The molecule has 0 aromatic heterocycles. The number of hydrogen-bond donors (Lipinski definition) is 2. The average molecular weight is 339 g/mol. The van der Waals surface area contributed by atoms with E-state index >= 15 is 0 Å². The summed E-state index contributed by atoms with van der Waals surface area (Å²) in [6.07, 6.45) is 0.819. The zero-order valence-electron chi connectivity index (χ0n) is 14.2. The number of hydrogen-bond acceptors (Lipinski definition) is 3. The molecule has 2 N–H and O–H groups in total. The SMILES string of the molecule is CC[C@@H](NC(=O)NC[C@H]1CN(C)CCN1C)c1cccc(Cl)c1. The summed E-state index contributed by atoms with van der Waals surface area (Å²) in [5.41, 5.74) is 1.03. The van der Waals surface area contributed by atoms with Crippen LogP contribution in [0.5, 0.6) is 0 Å². The maximum atomic E-state index is 12.2. The van der Waals surface area contributed by atoms with Crippen LogP contribution in [-0.2, 0) is 0 Å². The van der Waals surface area contributed by atoms with E-state index in [4.69, 9.17) is 11.6 Å². The van der Waals surface area contributed by atoms with Gasteiger partial charge in [-0.3, -0.25) is 4.90 Å². The van der Waals surface area contributed by atoms with Gasteiger partial charge in [0.2, 0.25) is 0 Å². The van der Waals surface area contributed by atoms with Crippen LogP contribution in [0, 0.1) is 0 Å². The highest BCUT2D eigenvalue weighted by molar-refractivity contribution is 6.30. The van der Waals surface area contributed by atoms with Crippen molar-refractivity contribution in [3.05, 3.63) is 34.9 Å². The predicted octanol–water partition coefficient (Wildman–Crippen LogP) is 2.34. The van der Waals surface area contributed by atoms with Gasteiger partial charge in [-0.2, -0.15) is 0 Å². The summed E-state index contributed by atoms with van der Waals surface area (Å²) in [5.74, 6) is 0. The number of carbonyl (C=O) groups excluding carboxylic acids is 1. The molecular formula is C17H27ClN4O. The normalized spacial score (nSPS) is 21.0. The minimum absolute atomic E-state index is 0.0274. The Morgan fingerprint density at radius 3 is 2.87 bits per heavy atom. The fourth-order valence-corrected chi connectivity index (χ4v) is 3.08. The van der Waals surface area contributed by atoms with Crippen molar-refractivity contribution >= 4 is 17.6 Å². The molecule has 0 radical (unpaired) electrons. The summed E-state index contributed by atoms with van der Waals surface area (Å²) < 4.78 is 0. The summed E-state index contributed by atoms with van der Waals surface area (Å²) in [4.78, 5) is 16.8. The largest absolute Gasteiger partial charge is 0.337 e. The number of benzene rings is 1. The highest BCUT2D eigenvalue weighted by Gasteiger charge is 2.22. The molecular weight excluding hydrogens is 312 g/mol. The number of rotatable bonds is 5. The number of carbonyl (C=O) groups is 1. The van der Waals surface area contributed by atoms with Crippen molar-refractivity contribution < 1.29 is 4.79 Å². The molecule has 0 unspecified atom stereocenters. The Bertz CT molecular complexity index is 525. The van der Waals surface area contributed by atoms with E-state index in [1.54, 1.807) is 0 Å². The second-order valence-electron chi connectivity index (χ2n) is 6.27. The lowest BCUT2D eigenvalue weighted by Gasteiger charge is -2.37. The Morgan fingerprint density at radius 2 is 2.17 bits per heavy atom. The van der Waals surface area contributed by atoms with Crippen molar-refractivity contribution in [1.29, 1.82) is 0 Å². The van der Waals surface area contributed by atoms with E-state index in [9.17, 15) is 4.79 Å². The highest BCUT2D eigenvalue weighted by Crippen LogP contribution is 2.20. The summed E-state index contributed by atoms with van der Waals surface area (Å²) in [6.45, 7) is 5.78. The Morgan fingerprint density at radius 1 is 1.39 bits per heavy atom. The number of nitrogens with one attached hydrogen (secondary N) is 2. The third-order valence-corrected chi connectivity index (χ3v) is 4.68. The van der Waals surface area contributed by atoms with E-state index in [1.807, 2.05) is 24.3 Å². The molecule has 1 heterocycles. The first-order chi connectivity index (χ1) is 11.0. The average Bonchev–Trinajstić information content (AvgIpc) is 2.53. The quantitative estimate of drug-likeness (QED) is 0.866. The molecule has 1 aromatic rings. The van der Waals surface area contributed by atoms with Crippen molar-refractivity contribution in [3.63, 3.8) is 0 Å². The Hall–Kier alpha value is -1.30. The lowest BCUT2D eigenvalue weighted by atomic mass is 10.1. The maximum Gasteiger partial charge on any atom is 0.315 e. The molecule has 5 nitrogen and oxygen atoms in total. The molecule has 2 atom stereocenters. The fraction of sp³-hybridized carbons (Fsp3) is 0.588. The van der Waals surface area contributed by atoms with E-state index in [2.05, 4.69) is 41.5 Å². The Kier molecular flexibility index (Phi) is 6.69. The van der Waals surface area contributed by atoms with Crippen molar-refractivity contribution in [1.82, 2.24) is 20.4 Å². The number of amides is 2. The minimum Gasteiger partial charge on any atom is -0.337 e. The zero-order valence-corrected chi connectivity index (χ0v) is 14.9. The van der Waals surface area contributed by atoms with Gasteiger partial charge < -0.3 is 15.5 Å². The van der Waals surface area contributed by atoms with Gasteiger partial charge >= 0.3 is 6.03 Å². The van der Waals surface area contributed by atoms with Gasteiger partial charge in [0, 0.05) is 37.2 Å². The van der Waals surface area contributed by atoms with E-state index in [0.717, 1.165) is 31.6 Å². The molecule has 2 rings (SSSR count). The predicted molar refractivity (Wildman–Crippen MR) is 94.9 cm³/mol. The molecule has 0 saturated carbocycles. The van der Waals surface area contributed by atoms with E-state index in [-0.39, 0.29) is 12.1 Å². The lowest BCUT2D eigenvalue weighted by Crippen LogP contribution is -2.55. The van der Waals surface area contributed by atoms with E-state index < -0.39 is 0 Å². The van der Waals surface area contributed by atoms with Crippen LogP contribution in [0.3, 0.4) is 0 Å². The molecule has 1 aromatic carbocycles. The molecule has 128 valence electrons. The van der Waals surface area contributed by atoms with Gasteiger partial charge in [-0.15, -0.1) is 0 Å². The molecule has 0 spiro atoms. The molecule has 6 heteroatoms. The number of halogens is 1. The molecule has 1 aliphatic rings. The second-order valence-corrected chi connectivity index (χ2v) is 6.70. The van der Waals surface area contributed by atoms with Crippen LogP contribution in [0.2, 0.25) is 5.02 Å². The first-order valence-electron chi connectivity index (χ1n) is 8.18. The lowest BCUT2D eigenvalue weighted by molar-refractivity contribution is 0.114. The molecule has 23 heavy (non-hydrogen) atoms. The van der Waals surface area contributed by atoms with Crippen LogP contribution >= 0.6 is 11.6 Å². The van der Waals surface area contributed by atoms with Crippen LogP contribution in [0.1, 0.15) is 24.9 Å². The molecule has 0 bridgehead atoms. The van der Waals surface area contributed by atoms with Crippen LogP contribution in [0.15, 0.2) is 24.3 Å². The maximum absolute atomic E-state index is 12.2. The van der Waals surface area contributed by atoms with Gasteiger partial charge in [0.1, 0.15) is 0 Å². The Balaban J connectivity index is 1.85. The zero-order chi connectivity index (χ0) is 16.8. The number of piperazine rings is 1. The van der Waals surface area contributed by atoms with Crippen molar-refractivity contribution in [2.24, 2.45) is 0 Å². The smallest absolute Gasteiger partial charge is 0.315 e. The third-order valence-electron chi connectivity index (χ3n) is 4.44. The second kappa shape index (κ2) is 8.52. The van der Waals surface area contributed by atoms with E-state index in [0.29, 0.717) is 17.6 Å². The minimum atomic E-state index is -0.126. The van der Waals surface area contributed by atoms with Crippen molar-refractivity contribution in [2.75, 3.05) is 40.3 Å². The van der Waals surface area contributed by atoms with Crippen LogP contribution in [-0.4, -0.2) is 62.1 Å². The van der Waals surface area contributed by atoms with Gasteiger partial charge in [0.25, 0.3) is 0 Å². The van der Waals surface area contributed by atoms with Crippen LogP contribution in [0.25, 0.3) is 0 Å². The number of nitrogens with zero attached hydrogens (tertiary/aromatic N) is 2. The van der Waals surface area contributed by atoms with Crippen LogP contribution < -0.4 is 10.6 Å². The Labute approximate surface area is 144 Å². The van der Waals surface area contributed by atoms with Gasteiger partial charge in [-0.05, 0) is 38.2 Å². The fourth-order valence-electron chi connectivity index (χ4n) is 2.89. The summed E-state index contributed by atoms with van der Waals surface area (Å²) >= 11 is 6.04. The first-order valence-corrected chi connectivity index (χ1v) is 8.56. The summed E-state index contributed by atoms with van der Waals surface area (Å²) in [6, 6.07) is 7.84. The summed E-state index contributed by atoms with van der Waals surface area (Å²) in [5, 5.41) is 6.73. The molecule has 0 aliphatic carbocycles. The topological polar surface area (TPSA) is 47.6 Å². The van der Waals surface area contributed by atoms with Gasteiger partial charge in [0.15, 0.2) is 0 Å². The molecule has 1 fully saturated rings. The summed E-state index contributed by atoms with van der Waals surface area (Å²) in [7, 11) is 4.23. The van der Waals surface area contributed by atoms with Gasteiger partial charge in [0.05, 0.1) is 6.04 Å². The van der Waals surface area contributed by atoms with Crippen molar-refractivity contribution in [2.45, 2.75) is 25.4 Å². The molecule has 2 amide bonds. The van der Waals surface area contributed by atoms with Crippen molar-refractivity contribution in [3.8, 4) is 0 Å². The third kappa shape index (κ3) is 5.37. The van der Waals surface area contributed by atoms with Crippen LogP contribution in [0.4, 0.5) is 4.79 Å². The van der Waals surface area contributed by atoms with Gasteiger partial charge in [-0.1, -0.05) is 30.7 Å². The molecule has 1 saturated heterocycles. The number of urea groups is 1. The molecule has 1 aliphatic heterocycles. The first kappa shape index (κ1) is 18.0.